The molecule has 0 spiro atoms. The number of amides is 1. The van der Waals surface area contributed by atoms with Gasteiger partial charge in [-0.3, -0.25) is 4.79 Å². The summed E-state index contributed by atoms with van der Waals surface area (Å²) in [4.78, 5) is 24.3. The molecular weight excluding hydrogens is 354 g/mol. The minimum absolute atomic E-state index is 0.264. The van der Waals surface area contributed by atoms with E-state index in [0.29, 0.717) is 23.6 Å². The summed E-state index contributed by atoms with van der Waals surface area (Å²) in [5, 5.41) is 5.02. The molecule has 0 saturated heterocycles. The van der Waals surface area contributed by atoms with Gasteiger partial charge in [-0.1, -0.05) is 30.3 Å². The molecule has 0 fully saturated rings. The van der Waals surface area contributed by atoms with Gasteiger partial charge in [0.1, 0.15) is 5.75 Å². The minimum Gasteiger partial charge on any atom is -0.481 e. The van der Waals surface area contributed by atoms with Crippen LogP contribution in [0.15, 0.2) is 60.7 Å². The topological polar surface area (TPSA) is 64.6 Å². The second-order valence-electron chi connectivity index (χ2n) is 6.51. The zero-order valence-electron chi connectivity index (χ0n) is 16.2. The first-order chi connectivity index (χ1) is 13.5. The van der Waals surface area contributed by atoms with Crippen molar-refractivity contribution in [2.24, 2.45) is 0 Å². The van der Waals surface area contributed by atoms with Crippen molar-refractivity contribution >= 4 is 28.3 Å². The minimum atomic E-state index is -0.676. The molecule has 0 aliphatic heterocycles. The molecule has 0 aliphatic carbocycles. The summed E-state index contributed by atoms with van der Waals surface area (Å²) in [6.07, 6.45) is -0.676. The number of anilines is 1. The van der Waals surface area contributed by atoms with E-state index in [4.69, 9.17) is 9.47 Å². The van der Waals surface area contributed by atoms with E-state index in [1.165, 1.54) is 0 Å². The lowest BCUT2D eigenvalue weighted by molar-refractivity contribution is -0.122. The molecule has 0 aromatic heterocycles. The standard InChI is InChI=1S/C23H23NO4/c1-4-27-23(26)19-10-12-21(15(2)13-19)24-22(25)16(3)28-20-11-9-17-7-5-6-8-18(17)14-20/h5-14,16H,4H2,1-3H3,(H,24,25)/t16-/m0/s1. The number of hydrogen-bond acceptors (Lipinski definition) is 4. The molecule has 3 rings (SSSR count). The first-order valence-electron chi connectivity index (χ1n) is 9.22. The van der Waals surface area contributed by atoms with E-state index in [-0.39, 0.29) is 11.9 Å². The molecule has 0 bridgehead atoms. The highest BCUT2D eigenvalue weighted by atomic mass is 16.5. The maximum atomic E-state index is 12.5. The molecule has 0 unspecified atom stereocenters. The van der Waals surface area contributed by atoms with Crippen LogP contribution in [0.4, 0.5) is 5.69 Å². The van der Waals surface area contributed by atoms with Crippen molar-refractivity contribution in [3.63, 3.8) is 0 Å². The average molecular weight is 377 g/mol. The van der Waals surface area contributed by atoms with Crippen molar-refractivity contribution < 1.29 is 19.1 Å². The Morgan fingerprint density at radius 1 is 1.00 bits per heavy atom. The normalized spacial score (nSPS) is 11.7. The van der Waals surface area contributed by atoms with E-state index in [0.717, 1.165) is 16.3 Å². The van der Waals surface area contributed by atoms with E-state index in [2.05, 4.69) is 5.32 Å². The highest BCUT2D eigenvalue weighted by Crippen LogP contribution is 2.22. The lowest BCUT2D eigenvalue weighted by Crippen LogP contribution is -2.30. The van der Waals surface area contributed by atoms with Crippen molar-refractivity contribution in [3.8, 4) is 5.75 Å². The summed E-state index contributed by atoms with van der Waals surface area (Å²) in [6.45, 7) is 5.61. The fourth-order valence-corrected chi connectivity index (χ4v) is 2.88. The Morgan fingerprint density at radius 2 is 1.75 bits per heavy atom. The Morgan fingerprint density at radius 3 is 2.46 bits per heavy atom. The van der Waals surface area contributed by atoms with Gasteiger partial charge in [0, 0.05) is 5.69 Å². The molecule has 1 atom stereocenters. The predicted octanol–water partition coefficient (Wildman–Crippen LogP) is 4.73. The van der Waals surface area contributed by atoms with E-state index in [1.807, 2.05) is 49.4 Å². The predicted molar refractivity (Wildman–Crippen MR) is 110 cm³/mol. The van der Waals surface area contributed by atoms with Crippen LogP contribution in [-0.2, 0) is 9.53 Å². The fraction of sp³-hybridized carbons (Fsp3) is 0.217. The van der Waals surface area contributed by atoms with Gasteiger partial charge >= 0.3 is 5.97 Å². The first-order valence-corrected chi connectivity index (χ1v) is 9.22. The van der Waals surface area contributed by atoms with Gasteiger partial charge in [-0.25, -0.2) is 4.79 Å². The Kier molecular flexibility index (Phi) is 5.94. The van der Waals surface area contributed by atoms with Gasteiger partial charge in [0.25, 0.3) is 5.91 Å². The van der Waals surface area contributed by atoms with Crippen LogP contribution in [-0.4, -0.2) is 24.6 Å². The van der Waals surface area contributed by atoms with Gasteiger partial charge in [-0.2, -0.15) is 0 Å². The van der Waals surface area contributed by atoms with Crippen molar-refractivity contribution in [3.05, 3.63) is 71.8 Å². The van der Waals surface area contributed by atoms with E-state index in [1.54, 1.807) is 32.0 Å². The number of carbonyl (C=O) groups is 2. The molecule has 3 aromatic carbocycles. The second-order valence-corrected chi connectivity index (χ2v) is 6.51. The molecule has 5 heteroatoms. The SMILES string of the molecule is CCOC(=O)c1ccc(NC(=O)[C@H](C)Oc2ccc3ccccc3c2)c(C)c1. The smallest absolute Gasteiger partial charge is 0.338 e. The number of carbonyl (C=O) groups excluding carboxylic acids is 2. The van der Waals surface area contributed by atoms with E-state index >= 15 is 0 Å². The zero-order chi connectivity index (χ0) is 20.1. The average Bonchev–Trinajstić information content (AvgIpc) is 2.69. The third-order valence-electron chi connectivity index (χ3n) is 4.40. The van der Waals surface area contributed by atoms with Gasteiger partial charge in [0.2, 0.25) is 0 Å². The van der Waals surface area contributed by atoms with Crippen LogP contribution in [0.1, 0.15) is 29.8 Å². The number of fused-ring (bicyclic) bond motifs is 1. The number of ether oxygens (including phenoxy) is 2. The Bertz CT molecular complexity index is 1010. The molecule has 144 valence electrons. The van der Waals surface area contributed by atoms with Gasteiger partial charge in [0.05, 0.1) is 12.2 Å². The van der Waals surface area contributed by atoms with Crippen LogP contribution in [0.3, 0.4) is 0 Å². The number of esters is 1. The Balaban J connectivity index is 1.67. The molecule has 5 nitrogen and oxygen atoms in total. The monoisotopic (exact) mass is 377 g/mol. The van der Waals surface area contributed by atoms with Crippen molar-refractivity contribution in [2.45, 2.75) is 26.9 Å². The summed E-state index contributed by atoms with van der Waals surface area (Å²) in [6, 6.07) is 18.7. The van der Waals surface area contributed by atoms with Gasteiger partial charge < -0.3 is 14.8 Å². The molecule has 0 radical (unpaired) electrons. The van der Waals surface area contributed by atoms with Crippen LogP contribution in [0.25, 0.3) is 10.8 Å². The highest BCUT2D eigenvalue weighted by molar-refractivity contribution is 5.96. The molecule has 28 heavy (non-hydrogen) atoms. The first kappa shape index (κ1) is 19.4. The lowest BCUT2D eigenvalue weighted by Gasteiger charge is -2.16. The van der Waals surface area contributed by atoms with Crippen LogP contribution in [0, 0.1) is 6.92 Å². The van der Waals surface area contributed by atoms with Crippen LogP contribution >= 0.6 is 0 Å². The Hall–Kier alpha value is -3.34. The number of rotatable bonds is 6. The quantitative estimate of drug-likeness (QED) is 0.631. The highest BCUT2D eigenvalue weighted by Gasteiger charge is 2.17. The van der Waals surface area contributed by atoms with Gasteiger partial charge in [0.15, 0.2) is 6.10 Å². The Labute approximate surface area is 164 Å². The maximum Gasteiger partial charge on any atom is 0.338 e. The fourth-order valence-electron chi connectivity index (χ4n) is 2.88. The number of hydrogen-bond donors (Lipinski definition) is 1. The van der Waals surface area contributed by atoms with Crippen molar-refractivity contribution in [1.29, 1.82) is 0 Å². The zero-order valence-corrected chi connectivity index (χ0v) is 16.2. The van der Waals surface area contributed by atoms with Crippen molar-refractivity contribution in [2.75, 3.05) is 11.9 Å². The number of benzene rings is 3. The van der Waals surface area contributed by atoms with Crippen LogP contribution < -0.4 is 10.1 Å². The summed E-state index contributed by atoms with van der Waals surface area (Å²) < 4.78 is 10.8. The van der Waals surface area contributed by atoms with Crippen LogP contribution in [0.2, 0.25) is 0 Å². The number of nitrogens with one attached hydrogen (secondary N) is 1. The summed E-state index contributed by atoms with van der Waals surface area (Å²) >= 11 is 0. The molecule has 0 aliphatic rings. The summed E-state index contributed by atoms with van der Waals surface area (Å²) in [5.74, 6) is -0.00708. The van der Waals surface area contributed by atoms with Gasteiger partial charge in [-0.15, -0.1) is 0 Å². The summed E-state index contributed by atoms with van der Waals surface area (Å²) in [5.41, 5.74) is 1.86. The maximum absolute atomic E-state index is 12.5. The third-order valence-corrected chi connectivity index (χ3v) is 4.40. The molecular formula is C23H23NO4. The largest absolute Gasteiger partial charge is 0.481 e. The molecule has 1 amide bonds. The number of aryl methyl sites for hydroxylation is 1. The van der Waals surface area contributed by atoms with Crippen molar-refractivity contribution in [1.82, 2.24) is 0 Å². The van der Waals surface area contributed by atoms with E-state index < -0.39 is 6.10 Å². The third kappa shape index (κ3) is 4.49. The van der Waals surface area contributed by atoms with Gasteiger partial charge in [-0.05, 0) is 67.4 Å². The second kappa shape index (κ2) is 8.57. The molecule has 0 saturated carbocycles. The lowest BCUT2D eigenvalue weighted by atomic mass is 10.1. The molecule has 1 N–H and O–H groups in total. The van der Waals surface area contributed by atoms with E-state index in [9.17, 15) is 9.59 Å². The summed E-state index contributed by atoms with van der Waals surface area (Å²) in [7, 11) is 0. The molecule has 0 heterocycles. The molecule has 3 aromatic rings. The van der Waals surface area contributed by atoms with Crippen LogP contribution in [0.5, 0.6) is 5.75 Å².